The number of rotatable bonds is 5. The van der Waals surface area contributed by atoms with Crippen molar-refractivity contribution in [3.63, 3.8) is 0 Å². The lowest BCUT2D eigenvalue weighted by Crippen LogP contribution is -2.23. The molecule has 2 aromatic heterocycles. The molecule has 0 unspecified atom stereocenters. The number of allylic oxidation sites excluding steroid dienone is 1. The summed E-state index contributed by atoms with van der Waals surface area (Å²) in [7, 11) is 0. The number of nitrogens with zero attached hydrogens (tertiary/aromatic N) is 2. The van der Waals surface area contributed by atoms with Gasteiger partial charge in [0.25, 0.3) is 0 Å². The third-order valence-corrected chi connectivity index (χ3v) is 6.35. The minimum Gasteiger partial charge on any atom is -0.289 e. The Hall–Kier alpha value is -2.57. The molecule has 0 radical (unpaired) electrons. The Kier molecular flexibility index (Phi) is 5.91. The second kappa shape index (κ2) is 8.20. The summed E-state index contributed by atoms with van der Waals surface area (Å²) in [5.41, 5.74) is 4.39. The predicted molar refractivity (Wildman–Crippen MR) is 118 cm³/mol. The standard InChI is InChI=1S/C22H22N2O2S2/c1-13-7-6-8-20(15(13)3)24(17(5)25)22-23-18(12-27-22)9-10-21(26)19-11-14(2)28-16(19)4/h6-12H,1-5H3/b10-9+. The Morgan fingerprint density at radius 1 is 1.14 bits per heavy atom. The van der Waals surface area contributed by atoms with Crippen molar-refractivity contribution in [2.24, 2.45) is 0 Å². The van der Waals surface area contributed by atoms with Gasteiger partial charge in [0, 0.05) is 27.6 Å². The van der Waals surface area contributed by atoms with Crippen LogP contribution in [0.25, 0.3) is 6.08 Å². The zero-order valence-electron chi connectivity index (χ0n) is 16.6. The van der Waals surface area contributed by atoms with Gasteiger partial charge in [-0.2, -0.15) is 0 Å². The van der Waals surface area contributed by atoms with E-state index in [0.29, 0.717) is 10.8 Å². The minimum absolute atomic E-state index is 0.0330. The number of ketones is 1. The SMILES string of the molecule is CC(=O)N(c1nc(/C=C/C(=O)c2cc(C)sc2C)cs1)c1cccc(C)c1C. The van der Waals surface area contributed by atoms with Gasteiger partial charge in [0.2, 0.25) is 5.91 Å². The number of benzene rings is 1. The summed E-state index contributed by atoms with van der Waals surface area (Å²) >= 11 is 3.00. The van der Waals surface area contributed by atoms with Crippen molar-refractivity contribution in [3.05, 3.63) is 67.9 Å². The molecule has 6 heteroatoms. The molecule has 0 aliphatic rings. The van der Waals surface area contributed by atoms with Crippen LogP contribution in [0.4, 0.5) is 10.8 Å². The molecule has 3 aromatic rings. The van der Waals surface area contributed by atoms with E-state index < -0.39 is 0 Å². The molecular formula is C22H22N2O2S2. The lowest BCUT2D eigenvalue weighted by Gasteiger charge is -2.21. The maximum atomic E-state index is 12.4. The van der Waals surface area contributed by atoms with Crippen molar-refractivity contribution < 1.29 is 9.59 Å². The van der Waals surface area contributed by atoms with Gasteiger partial charge in [0.1, 0.15) is 0 Å². The maximum absolute atomic E-state index is 12.4. The molecule has 1 aromatic carbocycles. The van der Waals surface area contributed by atoms with Crippen LogP contribution in [0.3, 0.4) is 0 Å². The quantitative estimate of drug-likeness (QED) is 0.382. The van der Waals surface area contributed by atoms with Gasteiger partial charge in [-0.25, -0.2) is 4.98 Å². The second-order valence-corrected chi connectivity index (χ2v) is 8.95. The first-order valence-electron chi connectivity index (χ1n) is 8.90. The fourth-order valence-corrected chi connectivity index (χ4v) is 4.74. The Labute approximate surface area is 173 Å². The normalized spacial score (nSPS) is 11.2. The van der Waals surface area contributed by atoms with Crippen molar-refractivity contribution >= 4 is 51.3 Å². The first-order valence-corrected chi connectivity index (χ1v) is 10.6. The third-order valence-electron chi connectivity index (χ3n) is 4.54. The van der Waals surface area contributed by atoms with Crippen LogP contribution in [0.5, 0.6) is 0 Å². The first-order chi connectivity index (χ1) is 13.3. The van der Waals surface area contributed by atoms with Gasteiger partial charge < -0.3 is 0 Å². The highest BCUT2D eigenvalue weighted by Crippen LogP contribution is 2.32. The smallest absolute Gasteiger partial charge is 0.230 e. The van der Waals surface area contributed by atoms with Crippen LogP contribution in [-0.4, -0.2) is 16.7 Å². The van der Waals surface area contributed by atoms with Gasteiger partial charge in [0.05, 0.1) is 11.4 Å². The number of hydrogen-bond donors (Lipinski definition) is 0. The summed E-state index contributed by atoms with van der Waals surface area (Å²) in [6, 6.07) is 7.79. The highest BCUT2D eigenvalue weighted by molar-refractivity contribution is 7.14. The molecule has 3 rings (SSSR count). The summed E-state index contributed by atoms with van der Waals surface area (Å²) in [5, 5.41) is 2.45. The largest absolute Gasteiger partial charge is 0.289 e. The fraction of sp³-hybridized carbons (Fsp3) is 0.227. The van der Waals surface area contributed by atoms with E-state index >= 15 is 0 Å². The molecule has 0 aliphatic carbocycles. The Bertz CT molecular complexity index is 1080. The molecule has 28 heavy (non-hydrogen) atoms. The van der Waals surface area contributed by atoms with E-state index in [1.807, 2.05) is 57.3 Å². The molecular weight excluding hydrogens is 388 g/mol. The number of carbonyl (C=O) groups excluding carboxylic acids is 2. The van der Waals surface area contributed by atoms with E-state index in [4.69, 9.17) is 0 Å². The van der Waals surface area contributed by atoms with E-state index in [9.17, 15) is 9.59 Å². The number of carbonyl (C=O) groups is 2. The number of amides is 1. The molecule has 0 spiro atoms. The van der Waals surface area contributed by atoms with Crippen LogP contribution in [0.1, 0.15) is 43.9 Å². The Morgan fingerprint density at radius 2 is 1.89 bits per heavy atom. The molecule has 2 heterocycles. The van der Waals surface area contributed by atoms with E-state index in [1.54, 1.807) is 28.4 Å². The van der Waals surface area contributed by atoms with Crippen LogP contribution < -0.4 is 4.90 Å². The number of aryl methyl sites for hydroxylation is 3. The molecule has 0 N–H and O–H groups in total. The van der Waals surface area contributed by atoms with Gasteiger partial charge in [-0.05, 0) is 63.1 Å². The lowest BCUT2D eigenvalue weighted by atomic mass is 10.1. The van der Waals surface area contributed by atoms with Crippen molar-refractivity contribution in [2.75, 3.05) is 4.90 Å². The van der Waals surface area contributed by atoms with E-state index in [1.165, 1.54) is 18.3 Å². The van der Waals surface area contributed by atoms with Crippen molar-refractivity contribution in [2.45, 2.75) is 34.6 Å². The summed E-state index contributed by atoms with van der Waals surface area (Å²) in [4.78, 5) is 33.1. The van der Waals surface area contributed by atoms with Crippen molar-refractivity contribution in [1.82, 2.24) is 4.98 Å². The molecule has 0 bridgehead atoms. The van der Waals surface area contributed by atoms with Crippen LogP contribution in [0.15, 0.2) is 35.7 Å². The Balaban J connectivity index is 1.87. The summed E-state index contributed by atoms with van der Waals surface area (Å²) in [6.45, 7) is 9.50. The summed E-state index contributed by atoms with van der Waals surface area (Å²) in [6.07, 6.45) is 3.25. The molecule has 0 fully saturated rings. The first kappa shape index (κ1) is 20.2. The third kappa shape index (κ3) is 4.13. The van der Waals surface area contributed by atoms with Crippen molar-refractivity contribution in [3.8, 4) is 0 Å². The molecule has 0 atom stereocenters. The average molecular weight is 411 g/mol. The van der Waals surface area contributed by atoms with E-state index in [-0.39, 0.29) is 11.7 Å². The molecule has 0 saturated heterocycles. The second-order valence-electron chi connectivity index (χ2n) is 6.65. The average Bonchev–Trinajstić information content (AvgIpc) is 3.22. The highest BCUT2D eigenvalue weighted by atomic mass is 32.1. The van der Waals surface area contributed by atoms with Gasteiger partial charge in [-0.3, -0.25) is 14.5 Å². The van der Waals surface area contributed by atoms with Gasteiger partial charge in [0.15, 0.2) is 10.9 Å². The number of hydrogen-bond acceptors (Lipinski definition) is 5. The molecule has 1 amide bonds. The highest BCUT2D eigenvalue weighted by Gasteiger charge is 2.20. The van der Waals surface area contributed by atoms with E-state index in [0.717, 1.165) is 32.1 Å². The van der Waals surface area contributed by atoms with Gasteiger partial charge in [-0.1, -0.05) is 12.1 Å². The predicted octanol–water partition coefficient (Wildman–Crippen LogP) is 6.02. The van der Waals surface area contributed by atoms with Crippen LogP contribution in [-0.2, 0) is 4.79 Å². The van der Waals surface area contributed by atoms with E-state index in [2.05, 4.69) is 4.98 Å². The van der Waals surface area contributed by atoms with Gasteiger partial charge >= 0.3 is 0 Å². The topological polar surface area (TPSA) is 50.3 Å². The van der Waals surface area contributed by atoms with Gasteiger partial charge in [-0.15, -0.1) is 22.7 Å². The summed E-state index contributed by atoms with van der Waals surface area (Å²) in [5.74, 6) is -0.131. The number of thiophene rings is 1. The lowest BCUT2D eigenvalue weighted by molar-refractivity contribution is -0.115. The van der Waals surface area contributed by atoms with Crippen LogP contribution in [0, 0.1) is 27.7 Å². The monoisotopic (exact) mass is 410 g/mol. The Morgan fingerprint density at radius 3 is 2.54 bits per heavy atom. The number of thiazole rings is 1. The molecule has 0 aliphatic heterocycles. The van der Waals surface area contributed by atoms with Crippen LogP contribution >= 0.6 is 22.7 Å². The zero-order valence-corrected chi connectivity index (χ0v) is 18.2. The number of anilines is 2. The summed E-state index contributed by atoms with van der Waals surface area (Å²) < 4.78 is 0. The molecule has 0 saturated carbocycles. The maximum Gasteiger partial charge on any atom is 0.230 e. The molecule has 144 valence electrons. The fourth-order valence-electron chi connectivity index (χ4n) is 2.97. The van der Waals surface area contributed by atoms with Crippen LogP contribution in [0.2, 0.25) is 0 Å². The zero-order chi connectivity index (χ0) is 20.4. The molecule has 4 nitrogen and oxygen atoms in total. The van der Waals surface area contributed by atoms with Crippen molar-refractivity contribution in [1.29, 1.82) is 0 Å². The number of aromatic nitrogens is 1. The minimum atomic E-state index is -0.0981.